The number of aliphatic carboxylic acids is 1. The van der Waals surface area contributed by atoms with Gasteiger partial charge in [-0.25, -0.2) is 0 Å². The van der Waals surface area contributed by atoms with Crippen LogP contribution in [0.2, 0.25) is 0 Å². The first-order valence-electron chi connectivity index (χ1n) is 5.04. The number of carbonyl (C=O) groups excluding carboxylic acids is 1. The zero-order valence-corrected chi connectivity index (χ0v) is 9.05. The van der Waals surface area contributed by atoms with E-state index in [1.54, 1.807) is 31.2 Å². The summed E-state index contributed by atoms with van der Waals surface area (Å²) in [6.07, 6.45) is 1.22. The van der Waals surface area contributed by atoms with Crippen LogP contribution < -0.4 is 4.74 Å². The second kappa shape index (κ2) is 5.90. The van der Waals surface area contributed by atoms with Gasteiger partial charge in [0, 0.05) is 5.56 Å². The monoisotopic (exact) mass is 222 g/mol. The molecule has 0 aliphatic carbocycles. The molecule has 0 fully saturated rings. The van der Waals surface area contributed by atoms with Crippen LogP contribution in [-0.2, 0) is 4.79 Å². The number of carboxylic acids is 1. The largest absolute Gasteiger partial charge is 0.494 e. The van der Waals surface area contributed by atoms with Crippen LogP contribution in [0.15, 0.2) is 24.3 Å². The molecule has 1 rings (SSSR count). The maximum Gasteiger partial charge on any atom is 0.306 e. The van der Waals surface area contributed by atoms with E-state index in [2.05, 4.69) is 0 Å². The van der Waals surface area contributed by atoms with E-state index in [0.717, 1.165) is 6.29 Å². The Kier molecular flexibility index (Phi) is 4.51. The molecule has 4 heteroatoms. The van der Waals surface area contributed by atoms with E-state index in [9.17, 15) is 9.59 Å². The minimum absolute atomic E-state index is 0.355. The van der Waals surface area contributed by atoms with Crippen molar-refractivity contribution in [2.45, 2.75) is 13.3 Å². The van der Waals surface area contributed by atoms with Crippen LogP contribution in [0, 0.1) is 5.92 Å². The number of carbonyl (C=O) groups is 2. The highest BCUT2D eigenvalue weighted by Gasteiger charge is 2.10. The summed E-state index contributed by atoms with van der Waals surface area (Å²) < 4.78 is 5.35. The Morgan fingerprint density at radius 3 is 2.56 bits per heavy atom. The zero-order chi connectivity index (χ0) is 12.0. The van der Waals surface area contributed by atoms with Crippen molar-refractivity contribution in [3.63, 3.8) is 0 Å². The SMILES string of the molecule is CC(CCOc1ccc(C=O)cc1)C(=O)O. The van der Waals surface area contributed by atoms with Crippen molar-refractivity contribution in [1.29, 1.82) is 0 Å². The number of carboxylic acid groups (broad SMARTS) is 1. The lowest BCUT2D eigenvalue weighted by Gasteiger charge is -2.08. The van der Waals surface area contributed by atoms with Crippen LogP contribution in [-0.4, -0.2) is 24.0 Å². The molecule has 0 aromatic heterocycles. The summed E-state index contributed by atoms with van der Waals surface area (Å²) in [4.78, 5) is 20.9. The molecule has 1 atom stereocenters. The highest BCUT2D eigenvalue weighted by molar-refractivity contribution is 5.74. The quantitative estimate of drug-likeness (QED) is 0.747. The predicted molar refractivity (Wildman–Crippen MR) is 58.7 cm³/mol. The molecule has 0 radical (unpaired) electrons. The summed E-state index contributed by atoms with van der Waals surface area (Å²) in [5.41, 5.74) is 0.589. The van der Waals surface area contributed by atoms with E-state index in [-0.39, 0.29) is 0 Å². The second-order valence-corrected chi connectivity index (χ2v) is 3.56. The van der Waals surface area contributed by atoms with Crippen molar-refractivity contribution in [2.24, 2.45) is 5.92 Å². The molecule has 1 N–H and O–H groups in total. The number of aldehydes is 1. The Morgan fingerprint density at radius 2 is 2.06 bits per heavy atom. The fraction of sp³-hybridized carbons (Fsp3) is 0.333. The van der Waals surface area contributed by atoms with Gasteiger partial charge in [0.05, 0.1) is 12.5 Å². The summed E-state index contributed by atoms with van der Waals surface area (Å²) in [7, 11) is 0. The smallest absolute Gasteiger partial charge is 0.306 e. The lowest BCUT2D eigenvalue weighted by molar-refractivity contribution is -0.141. The van der Waals surface area contributed by atoms with Crippen LogP contribution in [0.1, 0.15) is 23.7 Å². The molecule has 0 aliphatic heterocycles. The van der Waals surface area contributed by atoms with Crippen molar-refractivity contribution in [3.05, 3.63) is 29.8 Å². The Bertz CT molecular complexity index is 356. The normalized spacial score (nSPS) is 11.8. The number of rotatable bonds is 6. The van der Waals surface area contributed by atoms with E-state index in [1.165, 1.54) is 0 Å². The van der Waals surface area contributed by atoms with Gasteiger partial charge in [0.25, 0.3) is 0 Å². The molecule has 1 aromatic carbocycles. The average Bonchev–Trinajstić information content (AvgIpc) is 2.29. The maximum atomic E-state index is 10.5. The third-order valence-corrected chi connectivity index (χ3v) is 2.26. The molecular formula is C12H14O4. The Balaban J connectivity index is 2.37. The van der Waals surface area contributed by atoms with Crippen LogP contribution in [0.25, 0.3) is 0 Å². The standard InChI is InChI=1S/C12H14O4/c1-9(12(14)15)6-7-16-11-4-2-10(8-13)3-5-11/h2-5,8-9H,6-7H2,1H3,(H,14,15). The van der Waals surface area contributed by atoms with Gasteiger partial charge < -0.3 is 9.84 Å². The van der Waals surface area contributed by atoms with Crippen LogP contribution in [0.5, 0.6) is 5.75 Å². The molecule has 86 valence electrons. The molecule has 0 aliphatic rings. The van der Waals surface area contributed by atoms with Crippen molar-refractivity contribution in [1.82, 2.24) is 0 Å². The fourth-order valence-corrected chi connectivity index (χ4v) is 1.12. The van der Waals surface area contributed by atoms with Gasteiger partial charge in [-0.15, -0.1) is 0 Å². The summed E-state index contributed by atoms with van der Waals surface area (Å²) in [6, 6.07) is 6.69. The van der Waals surface area contributed by atoms with Crippen LogP contribution >= 0.6 is 0 Å². The second-order valence-electron chi connectivity index (χ2n) is 3.56. The molecule has 4 nitrogen and oxygen atoms in total. The molecule has 0 heterocycles. The Hall–Kier alpha value is -1.84. The number of benzene rings is 1. The van der Waals surface area contributed by atoms with Gasteiger partial charge in [0.15, 0.2) is 0 Å². The molecule has 0 saturated carbocycles. The van der Waals surface area contributed by atoms with E-state index < -0.39 is 11.9 Å². The van der Waals surface area contributed by atoms with E-state index in [4.69, 9.17) is 9.84 Å². The fourth-order valence-electron chi connectivity index (χ4n) is 1.12. The predicted octanol–water partition coefficient (Wildman–Crippen LogP) is 1.99. The summed E-state index contributed by atoms with van der Waals surface area (Å²) >= 11 is 0. The van der Waals surface area contributed by atoms with Gasteiger partial charge in [0.1, 0.15) is 12.0 Å². The van der Waals surface area contributed by atoms with E-state index in [0.29, 0.717) is 24.3 Å². The third kappa shape index (κ3) is 3.73. The molecule has 1 aromatic rings. The van der Waals surface area contributed by atoms with Crippen LogP contribution in [0.4, 0.5) is 0 Å². The van der Waals surface area contributed by atoms with Gasteiger partial charge in [-0.3, -0.25) is 9.59 Å². The van der Waals surface area contributed by atoms with E-state index in [1.807, 2.05) is 0 Å². The number of hydrogen-bond acceptors (Lipinski definition) is 3. The van der Waals surface area contributed by atoms with Crippen molar-refractivity contribution >= 4 is 12.3 Å². The summed E-state index contributed by atoms with van der Waals surface area (Å²) in [5.74, 6) is -0.586. The van der Waals surface area contributed by atoms with E-state index >= 15 is 0 Å². The lowest BCUT2D eigenvalue weighted by atomic mass is 10.1. The van der Waals surface area contributed by atoms with Crippen molar-refractivity contribution in [3.8, 4) is 5.75 Å². The summed E-state index contributed by atoms with van der Waals surface area (Å²) in [6.45, 7) is 2.00. The Labute approximate surface area is 93.9 Å². The lowest BCUT2D eigenvalue weighted by Crippen LogP contribution is -2.13. The zero-order valence-electron chi connectivity index (χ0n) is 9.05. The first-order chi connectivity index (χ1) is 7.63. The Morgan fingerprint density at radius 1 is 1.44 bits per heavy atom. The van der Waals surface area contributed by atoms with Gasteiger partial charge >= 0.3 is 5.97 Å². The third-order valence-electron chi connectivity index (χ3n) is 2.26. The maximum absolute atomic E-state index is 10.5. The molecule has 0 amide bonds. The number of ether oxygens (including phenoxy) is 1. The average molecular weight is 222 g/mol. The van der Waals surface area contributed by atoms with Crippen molar-refractivity contribution < 1.29 is 19.4 Å². The van der Waals surface area contributed by atoms with Crippen molar-refractivity contribution in [2.75, 3.05) is 6.61 Å². The molecule has 0 saturated heterocycles. The topological polar surface area (TPSA) is 63.6 Å². The highest BCUT2D eigenvalue weighted by Crippen LogP contribution is 2.12. The molecule has 1 unspecified atom stereocenters. The molecule has 0 spiro atoms. The first kappa shape index (κ1) is 12.2. The van der Waals surface area contributed by atoms with Gasteiger partial charge in [-0.1, -0.05) is 6.92 Å². The van der Waals surface area contributed by atoms with Crippen LogP contribution in [0.3, 0.4) is 0 Å². The molecular weight excluding hydrogens is 208 g/mol. The highest BCUT2D eigenvalue weighted by atomic mass is 16.5. The minimum atomic E-state index is -0.820. The molecule has 0 bridgehead atoms. The van der Waals surface area contributed by atoms with Gasteiger partial charge in [-0.05, 0) is 30.7 Å². The van der Waals surface area contributed by atoms with Gasteiger partial charge in [0.2, 0.25) is 0 Å². The number of hydrogen-bond donors (Lipinski definition) is 1. The molecule has 16 heavy (non-hydrogen) atoms. The minimum Gasteiger partial charge on any atom is -0.494 e. The van der Waals surface area contributed by atoms with Gasteiger partial charge in [-0.2, -0.15) is 0 Å². The first-order valence-corrected chi connectivity index (χ1v) is 5.04. The summed E-state index contributed by atoms with van der Waals surface area (Å²) in [5, 5.41) is 8.65.